The highest BCUT2D eigenvalue weighted by Crippen LogP contribution is 2.54. The monoisotopic (exact) mass is 375 g/mol. The summed E-state index contributed by atoms with van der Waals surface area (Å²) in [5.41, 5.74) is 2.33. The molecule has 0 radical (unpaired) electrons. The van der Waals surface area contributed by atoms with E-state index in [1.165, 1.54) is 0 Å². The Hall–Kier alpha value is -1.50. The maximum Gasteiger partial charge on any atom is 0.138 e. The quantitative estimate of drug-likeness (QED) is 0.891. The number of aromatic nitrogens is 4. The fourth-order valence-corrected chi connectivity index (χ4v) is 4.50. The van der Waals surface area contributed by atoms with Crippen molar-refractivity contribution in [3.05, 3.63) is 40.2 Å². The number of fused-ring (bicyclic) bond motifs is 2. The molecule has 6 nitrogen and oxygen atoms in total. The van der Waals surface area contributed by atoms with Crippen LogP contribution in [-0.4, -0.2) is 32.8 Å². The number of hydrogen-bond donors (Lipinski definition) is 1. The summed E-state index contributed by atoms with van der Waals surface area (Å²) in [5, 5.41) is 8.48. The van der Waals surface area contributed by atoms with Crippen molar-refractivity contribution in [1.82, 2.24) is 25.1 Å². The molecule has 2 aliphatic heterocycles. The summed E-state index contributed by atoms with van der Waals surface area (Å²) in [4.78, 5) is 9.45. The van der Waals surface area contributed by atoms with Gasteiger partial charge in [0.15, 0.2) is 0 Å². The Labute approximate surface area is 159 Å². The minimum Gasteiger partial charge on any atom is -0.360 e. The first-order valence-electron chi connectivity index (χ1n) is 9.33. The van der Waals surface area contributed by atoms with E-state index in [0.29, 0.717) is 5.02 Å². The van der Waals surface area contributed by atoms with E-state index >= 15 is 0 Å². The predicted molar refractivity (Wildman–Crippen MR) is 100 cm³/mol. The van der Waals surface area contributed by atoms with Crippen LogP contribution in [0.5, 0.6) is 0 Å². The van der Waals surface area contributed by atoms with Gasteiger partial charge in [-0.1, -0.05) is 11.6 Å². The van der Waals surface area contributed by atoms with Crippen molar-refractivity contribution in [3.8, 4) is 0 Å². The standard InChI is InChI=1S/C19H26ClN5O/c1-5-25-17(22-11-23-25)18(3,4)16-13-10-14(20)12(2)24-15(13)19(26-16)6-8-21-9-7-19/h10-11,16,21H,5-9H2,1-4H3. The van der Waals surface area contributed by atoms with Crippen LogP contribution in [-0.2, 0) is 22.3 Å². The number of nitrogens with zero attached hydrogens (tertiary/aromatic N) is 4. The zero-order valence-electron chi connectivity index (χ0n) is 15.8. The van der Waals surface area contributed by atoms with Gasteiger partial charge in [0.05, 0.1) is 27.9 Å². The van der Waals surface area contributed by atoms with Gasteiger partial charge >= 0.3 is 0 Å². The number of piperidine rings is 1. The molecular weight excluding hydrogens is 350 g/mol. The van der Waals surface area contributed by atoms with E-state index in [2.05, 4.69) is 42.2 Å². The lowest BCUT2D eigenvalue weighted by molar-refractivity contribution is -0.120. The number of rotatable bonds is 3. The van der Waals surface area contributed by atoms with Crippen LogP contribution in [0.4, 0.5) is 0 Å². The number of hydrogen-bond acceptors (Lipinski definition) is 5. The molecular formula is C19H26ClN5O. The second-order valence-electron chi connectivity index (χ2n) is 7.86. The molecule has 1 fully saturated rings. The van der Waals surface area contributed by atoms with Gasteiger partial charge < -0.3 is 10.1 Å². The Morgan fingerprint density at radius 1 is 1.38 bits per heavy atom. The van der Waals surface area contributed by atoms with E-state index in [0.717, 1.165) is 55.3 Å². The first-order valence-corrected chi connectivity index (χ1v) is 9.71. The van der Waals surface area contributed by atoms with Gasteiger partial charge in [0.2, 0.25) is 0 Å². The molecule has 2 aromatic rings. The SMILES string of the molecule is CCn1ncnc1C(C)(C)C1OC2(CCNCC2)c2nc(C)c(Cl)cc21. The number of nitrogens with one attached hydrogen (secondary N) is 1. The van der Waals surface area contributed by atoms with Crippen molar-refractivity contribution < 1.29 is 4.74 Å². The van der Waals surface area contributed by atoms with E-state index in [-0.39, 0.29) is 17.1 Å². The first kappa shape index (κ1) is 17.9. The number of aryl methyl sites for hydroxylation is 2. The molecule has 1 spiro atoms. The average Bonchev–Trinajstić information content (AvgIpc) is 3.22. The predicted octanol–water partition coefficient (Wildman–Crippen LogP) is 3.28. The largest absolute Gasteiger partial charge is 0.360 e. The summed E-state index contributed by atoms with van der Waals surface area (Å²) in [6.45, 7) is 11.0. The third kappa shape index (κ3) is 2.58. The molecule has 0 aliphatic carbocycles. The fourth-order valence-electron chi connectivity index (χ4n) is 4.34. The lowest BCUT2D eigenvalue weighted by Crippen LogP contribution is -2.41. The molecule has 1 unspecified atom stereocenters. The molecule has 2 aliphatic rings. The third-order valence-corrected chi connectivity index (χ3v) is 6.18. The van der Waals surface area contributed by atoms with Gasteiger partial charge in [-0.3, -0.25) is 4.98 Å². The van der Waals surface area contributed by atoms with Crippen LogP contribution in [0.15, 0.2) is 12.4 Å². The number of ether oxygens (including phenoxy) is 1. The Morgan fingerprint density at radius 3 is 2.81 bits per heavy atom. The van der Waals surface area contributed by atoms with Gasteiger partial charge in [-0.15, -0.1) is 0 Å². The van der Waals surface area contributed by atoms with Crippen molar-refractivity contribution in [2.75, 3.05) is 13.1 Å². The molecule has 4 rings (SSSR count). The summed E-state index contributed by atoms with van der Waals surface area (Å²) in [7, 11) is 0. The van der Waals surface area contributed by atoms with Crippen LogP contribution in [0.1, 0.15) is 62.5 Å². The molecule has 7 heteroatoms. The zero-order chi connectivity index (χ0) is 18.5. The Kier molecular flexibility index (Phi) is 4.33. The second kappa shape index (κ2) is 6.29. The van der Waals surface area contributed by atoms with Crippen LogP contribution in [0.3, 0.4) is 0 Å². The van der Waals surface area contributed by atoms with Crippen LogP contribution in [0, 0.1) is 6.92 Å². The molecule has 1 atom stereocenters. The summed E-state index contributed by atoms with van der Waals surface area (Å²) >= 11 is 6.45. The minimum absolute atomic E-state index is 0.157. The molecule has 4 heterocycles. The van der Waals surface area contributed by atoms with Crippen LogP contribution < -0.4 is 5.32 Å². The number of pyridine rings is 1. The van der Waals surface area contributed by atoms with Gasteiger partial charge in [0, 0.05) is 12.1 Å². The van der Waals surface area contributed by atoms with E-state index in [1.54, 1.807) is 6.33 Å². The van der Waals surface area contributed by atoms with Gasteiger partial charge in [0.25, 0.3) is 0 Å². The summed E-state index contributed by atoms with van der Waals surface area (Å²) in [5.74, 6) is 0.929. The van der Waals surface area contributed by atoms with Gasteiger partial charge in [-0.25, -0.2) is 9.67 Å². The molecule has 0 amide bonds. The van der Waals surface area contributed by atoms with Crippen molar-refractivity contribution in [3.63, 3.8) is 0 Å². The maximum absolute atomic E-state index is 6.82. The normalized spacial score (nSPS) is 22.0. The van der Waals surface area contributed by atoms with Crippen LogP contribution in [0.2, 0.25) is 5.02 Å². The smallest absolute Gasteiger partial charge is 0.138 e. The zero-order valence-corrected chi connectivity index (χ0v) is 16.6. The highest BCUT2D eigenvalue weighted by atomic mass is 35.5. The molecule has 140 valence electrons. The molecule has 1 N–H and O–H groups in total. The molecule has 26 heavy (non-hydrogen) atoms. The summed E-state index contributed by atoms with van der Waals surface area (Å²) in [6.07, 6.45) is 3.30. The van der Waals surface area contributed by atoms with Crippen molar-refractivity contribution in [2.24, 2.45) is 0 Å². The fraction of sp³-hybridized carbons (Fsp3) is 0.632. The van der Waals surface area contributed by atoms with E-state index in [9.17, 15) is 0 Å². The second-order valence-corrected chi connectivity index (χ2v) is 8.26. The highest BCUT2D eigenvalue weighted by Gasteiger charge is 2.53. The minimum atomic E-state index is -0.351. The number of halogens is 1. The first-order chi connectivity index (χ1) is 12.4. The molecule has 0 aromatic carbocycles. The van der Waals surface area contributed by atoms with E-state index < -0.39 is 0 Å². The van der Waals surface area contributed by atoms with Crippen LogP contribution in [0.25, 0.3) is 0 Å². The third-order valence-electron chi connectivity index (χ3n) is 5.80. The Balaban J connectivity index is 1.85. The molecule has 1 saturated heterocycles. The molecule has 0 bridgehead atoms. The Bertz CT molecular complexity index is 825. The maximum atomic E-state index is 6.82. The van der Waals surface area contributed by atoms with E-state index in [1.807, 2.05) is 11.6 Å². The van der Waals surface area contributed by atoms with Gasteiger partial charge in [0.1, 0.15) is 17.8 Å². The van der Waals surface area contributed by atoms with Gasteiger partial charge in [-0.2, -0.15) is 5.10 Å². The van der Waals surface area contributed by atoms with Gasteiger partial charge in [-0.05, 0) is 59.7 Å². The van der Waals surface area contributed by atoms with Crippen molar-refractivity contribution >= 4 is 11.6 Å². The van der Waals surface area contributed by atoms with Crippen LogP contribution >= 0.6 is 11.6 Å². The Morgan fingerprint density at radius 2 is 2.12 bits per heavy atom. The summed E-state index contributed by atoms with van der Waals surface area (Å²) in [6, 6.07) is 2.05. The topological polar surface area (TPSA) is 64.9 Å². The highest BCUT2D eigenvalue weighted by molar-refractivity contribution is 6.31. The van der Waals surface area contributed by atoms with Crippen molar-refractivity contribution in [2.45, 2.75) is 64.2 Å². The lowest BCUT2D eigenvalue weighted by atomic mass is 9.81. The molecule has 0 saturated carbocycles. The lowest BCUT2D eigenvalue weighted by Gasteiger charge is -2.37. The summed E-state index contributed by atoms with van der Waals surface area (Å²) < 4.78 is 8.76. The van der Waals surface area contributed by atoms with E-state index in [4.69, 9.17) is 21.3 Å². The average molecular weight is 376 g/mol. The molecule has 2 aromatic heterocycles. The van der Waals surface area contributed by atoms with Crippen molar-refractivity contribution in [1.29, 1.82) is 0 Å².